The number of nitrogens with one attached hydrogen (secondary N) is 1. The zero-order chi connectivity index (χ0) is 16.2. The van der Waals surface area contributed by atoms with E-state index in [9.17, 15) is 9.59 Å². The van der Waals surface area contributed by atoms with Crippen molar-refractivity contribution in [2.45, 2.75) is 38.1 Å². The Bertz CT molecular complexity index is 725. The number of benzene rings is 2. The molecular formula is C19H21NO3. The Hall–Kier alpha value is -2.36. The first-order valence-electron chi connectivity index (χ1n) is 8.16. The fraction of sp³-hybridized carbons (Fsp3) is 0.368. The fourth-order valence-electron chi connectivity index (χ4n) is 3.29. The van der Waals surface area contributed by atoms with Gasteiger partial charge in [-0.05, 0) is 48.6 Å². The van der Waals surface area contributed by atoms with Crippen molar-refractivity contribution in [2.75, 3.05) is 0 Å². The average molecular weight is 311 g/mol. The number of hydrogen-bond donors (Lipinski definition) is 2. The van der Waals surface area contributed by atoms with Crippen molar-refractivity contribution in [1.29, 1.82) is 0 Å². The minimum Gasteiger partial charge on any atom is -0.481 e. The highest BCUT2D eigenvalue weighted by molar-refractivity contribution is 5.98. The highest BCUT2D eigenvalue weighted by Gasteiger charge is 2.24. The summed E-state index contributed by atoms with van der Waals surface area (Å²) >= 11 is 0. The third kappa shape index (κ3) is 3.70. The summed E-state index contributed by atoms with van der Waals surface area (Å²) in [5.41, 5.74) is 0.655. The molecule has 0 radical (unpaired) electrons. The second kappa shape index (κ2) is 6.82. The maximum Gasteiger partial charge on any atom is 0.306 e. The van der Waals surface area contributed by atoms with Gasteiger partial charge in [-0.2, -0.15) is 0 Å². The lowest BCUT2D eigenvalue weighted by molar-refractivity contribution is -0.142. The van der Waals surface area contributed by atoms with Gasteiger partial charge in [0.05, 0.1) is 5.92 Å². The monoisotopic (exact) mass is 311 g/mol. The lowest BCUT2D eigenvalue weighted by Gasteiger charge is -2.16. The molecule has 0 saturated heterocycles. The molecule has 0 aromatic heterocycles. The van der Waals surface area contributed by atoms with Crippen molar-refractivity contribution in [3.05, 3.63) is 48.0 Å². The molecule has 2 atom stereocenters. The summed E-state index contributed by atoms with van der Waals surface area (Å²) in [6.45, 7) is 0. The summed E-state index contributed by atoms with van der Waals surface area (Å²) in [6.07, 6.45) is 3.77. The van der Waals surface area contributed by atoms with E-state index in [1.54, 1.807) is 0 Å². The number of fused-ring (bicyclic) bond motifs is 1. The maximum absolute atomic E-state index is 12.5. The van der Waals surface area contributed by atoms with E-state index in [2.05, 4.69) is 5.32 Å². The lowest BCUT2D eigenvalue weighted by Crippen LogP contribution is -2.34. The fourth-order valence-corrected chi connectivity index (χ4v) is 3.29. The van der Waals surface area contributed by atoms with Gasteiger partial charge >= 0.3 is 5.97 Å². The van der Waals surface area contributed by atoms with Gasteiger partial charge in [0.1, 0.15) is 0 Å². The van der Waals surface area contributed by atoms with Crippen LogP contribution in [0.25, 0.3) is 10.8 Å². The minimum absolute atomic E-state index is 0.0679. The van der Waals surface area contributed by atoms with Crippen LogP contribution >= 0.6 is 0 Å². The molecule has 1 amide bonds. The van der Waals surface area contributed by atoms with E-state index >= 15 is 0 Å². The van der Waals surface area contributed by atoms with Gasteiger partial charge in [0.25, 0.3) is 5.91 Å². The molecule has 23 heavy (non-hydrogen) atoms. The molecule has 1 fully saturated rings. The number of amides is 1. The predicted octanol–water partition coefficient (Wildman–Crippen LogP) is 3.60. The Labute approximate surface area is 135 Å². The van der Waals surface area contributed by atoms with Crippen LogP contribution in [-0.4, -0.2) is 23.0 Å². The van der Waals surface area contributed by atoms with Crippen LogP contribution in [0.5, 0.6) is 0 Å². The van der Waals surface area contributed by atoms with Crippen molar-refractivity contribution in [3.8, 4) is 0 Å². The summed E-state index contributed by atoms with van der Waals surface area (Å²) < 4.78 is 0. The standard InChI is InChI=1S/C19H21NO3/c21-18(16-9-8-13-4-1-2-5-15(13)12-16)20-17-7-3-6-14(10-11-17)19(22)23/h1-2,4-5,8-9,12,14,17H,3,6-7,10-11H2,(H,20,21)(H,22,23). The quantitative estimate of drug-likeness (QED) is 0.851. The molecule has 0 heterocycles. The Morgan fingerprint density at radius 1 is 0.957 bits per heavy atom. The number of rotatable bonds is 3. The molecule has 2 N–H and O–H groups in total. The number of carbonyl (C=O) groups excluding carboxylic acids is 1. The molecule has 1 aliphatic rings. The normalized spacial score (nSPS) is 21.6. The van der Waals surface area contributed by atoms with Crippen LogP contribution in [0.3, 0.4) is 0 Å². The summed E-state index contributed by atoms with van der Waals surface area (Å²) in [7, 11) is 0. The molecule has 1 saturated carbocycles. The molecular weight excluding hydrogens is 290 g/mol. The highest BCUT2D eigenvalue weighted by atomic mass is 16.4. The second-order valence-corrected chi connectivity index (χ2v) is 6.28. The first-order valence-corrected chi connectivity index (χ1v) is 8.16. The smallest absolute Gasteiger partial charge is 0.306 e. The van der Waals surface area contributed by atoms with Crippen LogP contribution in [0.1, 0.15) is 42.5 Å². The molecule has 2 aromatic carbocycles. The van der Waals surface area contributed by atoms with Gasteiger partial charge in [-0.3, -0.25) is 9.59 Å². The van der Waals surface area contributed by atoms with E-state index in [4.69, 9.17) is 5.11 Å². The van der Waals surface area contributed by atoms with Crippen LogP contribution in [0.15, 0.2) is 42.5 Å². The van der Waals surface area contributed by atoms with Crippen LogP contribution in [0.2, 0.25) is 0 Å². The van der Waals surface area contributed by atoms with Crippen LogP contribution in [0.4, 0.5) is 0 Å². The number of hydrogen-bond acceptors (Lipinski definition) is 2. The second-order valence-electron chi connectivity index (χ2n) is 6.28. The Morgan fingerprint density at radius 3 is 2.52 bits per heavy atom. The van der Waals surface area contributed by atoms with E-state index < -0.39 is 5.97 Å². The zero-order valence-electron chi connectivity index (χ0n) is 13.0. The summed E-state index contributed by atoms with van der Waals surface area (Å²) in [6, 6.07) is 13.7. The van der Waals surface area contributed by atoms with Gasteiger partial charge in [0.15, 0.2) is 0 Å². The van der Waals surface area contributed by atoms with E-state index in [1.165, 1.54) is 0 Å². The van der Waals surface area contributed by atoms with Crippen molar-refractivity contribution in [3.63, 3.8) is 0 Å². The molecule has 0 bridgehead atoms. The van der Waals surface area contributed by atoms with Crippen LogP contribution in [0, 0.1) is 5.92 Å². The van der Waals surface area contributed by atoms with E-state index in [0.717, 1.165) is 30.0 Å². The van der Waals surface area contributed by atoms with Crippen LogP contribution < -0.4 is 5.32 Å². The van der Waals surface area contributed by atoms with Crippen LogP contribution in [-0.2, 0) is 4.79 Å². The Morgan fingerprint density at radius 2 is 1.74 bits per heavy atom. The first kappa shape index (κ1) is 15.5. The van der Waals surface area contributed by atoms with Crippen molar-refractivity contribution < 1.29 is 14.7 Å². The lowest BCUT2D eigenvalue weighted by atomic mass is 10.0. The van der Waals surface area contributed by atoms with Gasteiger partial charge in [-0.15, -0.1) is 0 Å². The van der Waals surface area contributed by atoms with Gasteiger partial charge < -0.3 is 10.4 Å². The molecule has 4 nitrogen and oxygen atoms in total. The minimum atomic E-state index is -0.716. The third-order valence-electron chi connectivity index (χ3n) is 4.66. The third-order valence-corrected chi connectivity index (χ3v) is 4.66. The van der Waals surface area contributed by atoms with Gasteiger partial charge in [-0.1, -0.05) is 36.8 Å². The molecule has 2 unspecified atom stereocenters. The molecule has 120 valence electrons. The number of carboxylic acids is 1. The zero-order valence-corrected chi connectivity index (χ0v) is 13.0. The number of aliphatic carboxylic acids is 1. The molecule has 0 aliphatic heterocycles. The average Bonchev–Trinajstić information content (AvgIpc) is 2.80. The predicted molar refractivity (Wildman–Crippen MR) is 89.4 cm³/mol. The van der Waals surface area contributed by atoms with E-state index in [0.29, 0.717) is 18.4 Å². The maximum atomic E-state index is 12.5. The highest BCUT2D eigenvalue weighted by Crippen LogP contribution is 2.24. The van der Waals surface area contributed by atoms with E-state index in [1.807, 2.05) is 42.5 Å². The van der Waals surface area contributed by atoms with Crippen molar-refractivity contribution >= 4 is 22.6 Å². The molecule has 4 heteroatoms. The number of carbonyl (C=O) groups is 2. The first-order chi connectivity index (χ1) is 11.1. The molecule has 3 rings (SSSR count). The molecule has 1 aliphatic carbocycles. The number of carboxylic acid groups (broad SMARTS) is 1. The van der Waals surface area contributed by atoms with E-state index in [-0.39, 0.29) is 17.9 Å². The van der Waals surface area contributed by atoms with Gasteiger partial charge in [0.2, 0.25) is 0 Å². The largest absolute Gasteiger partial charge is 0.481 e. The topological polar surface area (TPSA) is 66.4 Å². The summed E-state index contributed by atoms with van der Waals surface area (Å²) in [5, 5.41) is 14.4. The van der Waals surface area contributed by atoms with Gasteiger partial charge in [-0.25, -0.2) is 0 Å². The van der Waals surface area contributed by atoms with Crippen molar-refractivity contribution in [1.82, 2.24) is 5.32 Å². The summed E-state index contributed by atoms with van der Waals surface area (Å²) in [5.74, 6) is -1.06. The Balaban J connectivity index is 1.67. The SMILES string of the molecule is O=C(NC1CCCC(C(=O)O)CC1)c1ccc2ccccc2c1. The molecule has 0 spiro atoms. The molecule has 2 aromatic rings. The Kier molecular flexibility index (Phi) is 4.60. The summed E-state index contributed by atoms with van der Waals surface area (Å²) in [4.78, 5) is 23.6. The van der Waals surface area contributed by atoms with Gasteiger partial charge in [0, 0.05) is 11.6 Å². The van der Waals surface area contributed by atoms with Crippen molar-refractivity contribution in [2.24, 2.45) is 5.92 Å².